The summed E-state index contributed by atoms with van der Waals surface area (Å²) in [6, 6.07) is 9.34. The number of rotatable bonds is 4. The van der Waals surface area contributed by atoms with Crippen molar-refractivity contribution in [3.8, 4) is 0 Å². The van der Waals surface area contributed by atoms with E-state index in [-0.39, 0.29) is 18.3 Å². The molecule has 1 amide bonds. The summed E-state index contributed by atoms with van der Waals surface area (Å²) in [5, 5.41) is 10.2. The Labute approximate surface area is 148 Å². The highest BCUT2D eigenvalue weighted by molar-refractivity contribution is 5.91. The molecule has 6 heteroatoms. The van der Waals surface area contributed by atoms with Gasteiger partial charge in [-0.2, -0.15) is 5.10 Å². The second-order valence-corrected chi connectivity index (χ2v) is 6.36. The molecule has 0 saturated heterocycles. The highest BCUT2D eigenvalue weighted by Crippen LogP contribution is 2.31. The van der Waals surface area contributed by atoms with Gasteiger partial charge in [-0.1, -0.05) is 37.8 Å². The Balaban J connectivity index is 0.00000208. The van der Waals surface area contributed by atoms with Crippen LogP contribution in [0.4, 0.5) is 11.5 Å². The predicted octanol–water partition coefficient (Wildman–Crippen LogP) is 4.03. The van der Waals surface area contributed by atoms with Crippen molar-refractivity contribution in [1.29, 1.82) is 0 Å². The number of benzene rings is 1. The van der Waals surface area contributed by atoms with E-state index in [1.165, 1.54) is 38.5 Å². The lowest BCUT2D eigenvalue weighted by atomic mass is 9.97. The molecule has 0 aliphatic heterocycles. The van der Waals surface area contributed by atoms with Crippen molar-refractivity contribution in [2.75, 3.05) is 11.1 Å². The Hall–Kier alpha value is -2.01. The van der Waals surface area contributed by atoms with Gasteiger partial charge in [-0.25, -0.2) is 0 Å². The lowest BCUT2D eigenvalue weighted by Crippen LogP contribution is -2.14. The van der Waals surface area contributed by atoms with Crippen molar-refractivity contribution >= 4 is 29.8 Å². The zero-order valence-corrected chi connectivity index (χ0v) is 14.6. The fraction of sp³-hybridized carbons (Fsp3) is 0.444. The minimum atomic E-state index is -0.0614. The number of H-pyrrole nitrogens is 1. The zero-order valence-electron chi connectivity index (χ0n) is 13.8. The van der Waals surface area contributed by atoms with Gasteiger partial charge in [0.25, 0.3) is 0 Å². The number of aromatic amines is 1. The molecule has 1 heterocycles. The second kappa shape index (κ2) is 8.73. The number of amides is 1. The third-order valence-corrected chi connectivity index (χ3v) is 4.50. The minimum absolute atomic E-state index is 0. The van der Waals surface area contributed by atoms with Crippen LogP contribution in [0.1, 0.15) is 55.7 Å². The van der Waals surface area contributed by atoms with Gasteiger partial charge in [0.2, 0.25) is 5.91 Å². The average Bonchev–Trinajstić information content (AvgIpc) is 2.83. The van der Waals surface area contributed by atoms with Crippen LogP contribution in [0.25, 0.3) is 0 Å². The van der Waals surface area contributed by atoms with Gasteiger partial charge in [0.05, 0.1) is 6.42 Å². The van der Waals surface area contributed by atoms with Crippen molar-refractivity contribution in [2.24, 2.45) is 0 Å². The summed E-state index contributed by atoms with van der Waals surface area (Å²) in [6.07, 6.45) is 7.96. The Morgan fingerprint density at radius 3 is 2.50 bits per heavy atom. The van der Waals surface area contributed by atoms with Crippen LogP contribution in [0.15, 0.2) is 30.3 Å². The molecule has 1 aliphatic carbocycles. The quantitative estimate of drug-likeness (QED) is 0.576. The smallest absolute Gasteiger partial charge is 0.229 e. The van der Waals surface area contributed by atoms with Gasteiger partial charge in [0, 0.05) is 23.4 Å². The van der Waals surface area contributed by atoms with E-state index in [1.54, 1.807) is 12.1 Å². The summed E-state index contributed by atoms with van der Waals surface area (Å²) in [5.74, 6) is 1.10. The first-order valence-corrected chi connectivity index (χ1v) is 8.40. The molecule has 2 aromatic rings. The Bertz CT molecular complexity index is 645. The summed E-state index contributed by atoms with van der Waals surface area (Å²) in [5.41, 5.74) is 8.44. The summed E-state index contributed by atoms with van der Waals surface area (Å²) in [7, 11) is 0. The second-order valence-electron chi connectivity index (χ2n) is 6.36. The number of nitrogen functional groups attached to an aromatic ring is 1. The SMILES string of the molecule is Cl.Nc1ccc(CC(=O)Nc2cc(C3CCCCCC3)[nH]n2)cc1. The fourth-order valence-electron chi connectivity index (χ4n) is 3.21. The van der Waals surface area contributed by atoms with Crippen molar-refractivity contribution in [3.05, 3.63) is 41.6 Å². The van der Waals surface area contributed by atoms with Crippen molar-refractivity contribution in [2.45, 2.75) is 50.9 Å². The topological polar surface area (TPSA) is 83.8 Å². The summed E-state index contributed by atoms with van der Waals surface area (Å²) in [6.45, 7) is 0. The minimum Gasteiger partial charge on any atom is -0.399 e. The van der Waals surface area contributed by atoms with Gasteiger partial charge in [0.15, 0.2) is 5.82 Å². The molecule has 4 N–H and O–H groups in total. The van der Waals surface area contributed by atoms with Crippen LogP contribution < -0.4 is 11.1 Å². The number of carbonyl (C=O) groups is 1. The van der Waals surface area contributed by atoms with Gasteiger partial charge < -0.3 is 11.1 Å². The lowest BCUT2D eigenvalue weighted by molar-refractivity contribution is -0.115. The molecular weight excluding hydrogens is 324 g/mol. The van der Waals surface area contributed by atoms with Gasteiger partial charge in [0.1, 0.15) is 0 Å². The molecule has 1 fully saturated rings. The molecule has 0 bridgehead atoms. The van der Waals surface area contributed by atoms with Gasteiger partial charge >= 0.3 is 0 Å². The molecule has 1 aromatic heterocycles. The Kier molecular flexibility index (Phi) is 6.67. The molecule has 24 heavy (non-hydrogen) atoms. The van der Waals surface area contributed by atoms with Crippen LogP contribution in [0.5, 0.6) is 0 Å². The van der Waals surface area contributed by atoms with Crippen LogP contribution in [0.3, 0.4) is 0 Å². The average molecular weight is 349 g/mol. The number of halogens is 1. The molecule has 3 rings (SSSR count). The standard InChI is InChI=1S/C18H24N4O.ClH/c19-15-9-7-13(8-10-15)11-18(23)20-17-12-16(21-22-17)14-5-3-1-2-4-6-14;/h7-10,12,14H,1-6,11,19H2,(H2,20,21,22,23);1H. The number of aromatic nitrogens is 2. The monoisotopic (exact) mass is 348 g/mol. The number of hydrogen-bond acceptors (Lipinski definition) is 3. The van der Waals surface area contributed by atoms with Gasteiger partial charge in [-0.05, 0) is 30.5 Å². The molecule has 1 aromatic carbocycles. The molecule has 0 atom stereocenters. The van der Waals surface area contributed by atoms with E-state index < -0.39 is 0 Å². The van der Waals surface area contributed by atoms with E-state index in [4.69, 9.17) is 5.73 Å². The third kappa shape index (κ3) is 4.99. The first kappa shape index (κ1) is 18.3. The lowest BCUT2D eigenvalue weighted by Gasteiger charge is -2.10. The zero-order chi connectivity index (χ0) is 16.1. The van der Waals surface area contributed by atoms with Gasteiger partial charge in [-0.15, -0.1) is 12.4 Å². The Morgan fingerprint density at radius 1 is 1.17 bits per heavy atom. The molecule has 130 valence electrons. The van der Waals surface area contributed by atoms with Gasteiger partial charge in [-0.3, -0.25) is 9.89 Å². The maximum Gasteiger partial charge on any atom is 0.229 e. The molecule has 1 saturated carbocycles. The van der Waals surface area contributed by atoms with E-state index in [2.05, 4.69) is 15.5 Å². The number of carbonyl (C=O) groups excluding carboxylic acids is 1. The molecular formula is C18H25ClN4O. The van der Waals surface area contributed by atoms with E-state index in [1.807, 2.05) is 18.2 Å². The van der Waals surface area contributed by atoms with Crippen LogP contribution >= 0.6 is 12.4 Å². The van der Waals surface area contributed by atoms with E-state index in [9.17, 15) is 4.79 Å². The molecule has 5 nitrogen and oxygen atoms in total. The van der Waals surface area contributed by atoms with Crippen LogP contribution in [0, 0.1) is 0 Å². The summed E-state index contributed by atoms with van der Waals surface area (Å²) in [4.78, 5) is 12.1. The van der Waals surface area contributed by atoms with Crippen molar-refractivity contribution < 1.29 is 4.79 Å². The predicted molar refractivity (Wildman–Crippen MR) is 99.5 cm³/mol. The summed E-state index contributed by atoms with van der Waals surface area (Å²) >= 11 is 0. The van der Waals surface area contributed by atoms with E-state index in [0.717, 1.165) is 11.3 Å². The number of anilines is 2. The van der Waals surface area contributed by atoms with Crippen LogP contribution in [0.2, 0.25) is 0 Å². The maximum absolute atomic E-state index is 12.1. The largest absolute Gasteiger partial charge is 0.399 e. The Morgan fingerprint density at radius 2 is 1.83 bits per heavy atom. The van der Waals surface area contributed by atoms with E-state index >= 15 is 0 Å². The maximum atomic E-state index is 12.1. The third-order valence-electron chi connectivity index (χ3n) is 4.50. The highest BCUT2D eigenvalue weighted by Gasteiger charge is 2.17. The molecule has 0 unspecified atom stereocenters. The number of nitrogens with one attached hydrogen (secondary N) is 2. The van der Waals surface area contributed by atoms with E-state index in [0.29, 0.717) is 23.8 Å². The molecule has 0 spiro atoms. The van der Waals surface area contributed by atoms with Crippen molar-refractivity contribution in [1.82, 2.24) is 10.2 Å². The normalized spacial score (nSPS) is 15.3. The van der Waals surface area contributed by atoms with Crippen LogP contribution in [-0.4, -0.2) is 16.1 Å². The highest BCUT2D eigenvalue weighted by atomic mass is 35.5. The summed E-state index contributed by atoms with van der Waals surface area (Å²) < 4.78 is 0. The first-order valence-electron chi connectivity index (χ1n) is 8.40. The van der Waals surface area contributed by atoms with Crippen LogP contribution in [-0.2, 0) is 11.2 Å². The van der Waals surface area contributed by atoms with Crippen molar-refractivity contribution in [3.63, 3.8) is 0 Å². The molecule has 1 aliphatic rings. The fourth-order valence-corrected chi connectivity index (χ4v) is 3.21. The number of nitrogens with zero attached hydrogens (tertiary/aromatic N) is 1. The number of nitrogens with two attached hydrogens (primary N) is 1. The first-order chi connectivity index (χ1) is 11.2. The number of hydrogen-bond donors (Lipinski definition) is 3. The molecule has 0 radical (unpaired) electrons.